The predicted molar refractivity (Wildman–Crippen MR) is 124 cm³/mol. The lowest BCUT2D eigenvalue weighted by atomic mass is 10.1. The molecule has 0 saturated carbocycles. The highest BCUT2D eigenvalue weighted by atomic mass is 32.2. The van der Waals surface area contributed by atoms with Crippen LogP contribution in [0.25, 0.3) is 0 Å². The van der Waals surface area contributed by atoms with Crippen LogP contribution in [0.2, 0.25) is 0 Å². The van der Waals surface area contributed by atoms with Crippen molar-refractivity contribution in [1.82, 2.24) is 19.9 Å². The zero-order chi connectivity index (χ0) is 22.6. The average Bonchev–Trinajstić information content (AvgIpc) is 3.27. The molecule has 32 heavy (non-hydrogen) atoms. The summed E-state index contributed by atoms with van der Waals surface area (Å²) in [7, 11) is 0. The standard InChI is InChI=1S/C22H21N5O3S2/c1-14-16(6-5-9-23-14)30-17-10-15(32-19-7-3-4-8-24-19)11-25-20(17)27-21-26-18(12-31-21)22(2,29)13-28/h3-12,28-29H,13H2,1-2H3,(H,25,26,27). The quantitative estimate of drug-likeness (QED) is 0.344. The Balaban J connectivity index is 1.65. The SMILES string of the molecule is Cc1ncccc1Oc1cc(Sc2ccccn2)cnc1Nc1nc(C(C)(O)CO)cs1. The van der Waals surface area contributed by atoms with Gasteiger partial charge in [-0.3, -0.25) is 4.98 Å². The van der Waals surface area contributed by atoms with E-state index in [0.717, 1.165) is 15.6 Å². The van der Waals surface area contributed by atoms with Gasteiger partial charge in [0.15, 0.2) is 16.7 Å². The number of hydrogen-bond acceptors (Lipinski definition) is 10. The van der Waals surface area contributed by atoms with Gasteiger partial charge in [0.25, 0.3) is 0 Å². The number of thiazole rings is 1. The summed E-state index contributed by atoms with van der Waals surface area (Å²) in [5.41, 5.74) is -0.295. The Morgan fingerprint density at radius 1 is 1.12 bits per heavy atom. The number of rotatable bonds is 8. The molecule has 4 aromatic heterocycles. The van der Waals surface area contributed by atoms with E-state index in [1.807, 2.05) is 37.3 Å². The van der Waals surface area contributed by atoms with Gasteiger partial charge in [-0.15, -0.1) is 11.3 Å². The van der Waals surface area contributed by atoms with Crippen molar-refractivity contribution < 1.29 is 14.9 Å². The Morgan fingerprint density at radius 2 is 1.97 bits per heavy atom. The molecule has 0 amide bonds. The van der Waals surface area contributed by atoms with Crippen LogP contribution in [-0.4, -0.2) is 36.8 Å². The fourth-order valence-corrected chi connectivity index (χ4v) is 4.25. The molecule has 0 radical (unpaired) electrons. The Labute approximate surface area is 193 Å². The molecule has 0 aromatic carbocycles. The van der Waals surface area contributed by atoms with Crippen molar-refractivity contribution in [3.05, 3.63) is 71.8 Å². The van der Waals surface area contributed by atoms with Gasteiger partial charge in [0, 0.05) is 34.9 Å². The fourth-order valence-electron chi connectivity index (χ4n) is 2.64. The number of anilines is 2. The van der Waals surface area contributed by atoms with Crippen molar-refractivity contribution in [3.8, 4) is 11.5 Å². The highest BCUT2D eigenvalue weighted by molar-refractivity contribution is 7.99. The van der Waals surface area contributed by atoms with Crippen LogP contribution in [0.15, 0.2) is 70.3 Å². The van der Waals surface area contributed by atoms with E-state index in [0.29, 0.717) is 28.1 Å². The van der Waals surface area contributed by atoms with Crippen LogP contribution in [0.4, 0.5) is 10.9 Å². The van der Waals surface area contributed by atoms with Gasteiger partial charge >= 0.3 is 0 Å². The Bertz CT molecular complexity index is 1200. The largest absolute Gasteiger partial charge is 0.452 e. The van der Waals surface area contributed by atoms with E-state index in [1.54, 1.807) is 30.0 Å². The van der Waals surface area contributed by atoms with Gasteiger partial charge in [0.2, 0.25) is 0 Å². The van der Waals surface area contributed by atoms with Crippen molar-refractivity contribution in [1.29, 1.82) is 0 Å². The number of aliphatic hydroxyl groups excluding tert-OH is 1. The Morgan fingerprint density at radius 3 is 2.72 bits per heavy atom. The zero-order valence-corrected chi connectivity index (χ0v) is 19.0. The fraction of sp³-hybridized carbons (Fsp3) is 0.182. The Hall–Kier alpha value is -3.05. The third-order valence-corrected chi connectivity index (χ3v) is 6.12. The molecule has 10 heteroatoms. The topological polar surface area (TPSA) is 113 Å². The molecule has 3 N–H and O–H groups in total. The van der Waals surface area contributed by atoms with Crippen LogP contribution >= 0.6 is 23.1 Å². The number of nitrogens with zero attached hydrogens (tertiary/aromatic N) is 4. The van der Waals surface area contributed by atoms with Crippen LogP contribution in [0, 0.1) is 6.92 Å². The number of aryl methyl sites for hydroxylation is 1. The van der Waals surface area contributed by atoms with E-state index in [2.05, 4.69) is 25.3 Å². The molecule has 0 aliphatic rings. The first kappa shape index (κ1) is 22.2. The van der Waals surface area contributed by atoms with E-state index >= 15 is 0 Å². The molecule has 4 rings (SSSR count). The van der Waals surface area contributed by atoms with Crippen LogP contribution in [0.5, 0.6) is 11.5 Å². The maximum Gasteiger partial charge on any atom is 0.188 e. The van der Waals surface area contributed by atoms with E-state index in [1.165, 1.54) is 30.0 Å². The summed E-state index contributed by atoms with van der Waals surface area (Å²) < 4.78 is 6.15. The summed E-state index contributed by atoms with van der Waals surface area (Å²) in [6.45, 7) is 2.95. The van der Waals surface area contributed by atoms with Crippen LogP contribution in [0.1, 0.15) is 18.3 Å². The molecular formula is C22H21N5O3S2. The van der Waals surface area contributed by atoms with Crippen molar-refractivity contribution in [2.24, 2.45) is 0 Å². The second-order valence-corrected chi connectivity index (χ2v) is 9.02. The number of hydrogen-bond donors (Lipinski definition) is 3. The van der Waals surface area contributed by atoms with Crippen LogP contribution < -0.4 is 10.1 Å². The molecule has 0 fully saturated rings. The summed E-state index contributed by atoms with van der Waals surface area (Å²) >= 11 is 2.77. The maximum atomic E-state index is 10.2. The molecule has 4 aromatic rings. The van der Waals surface area contributed by atoms with Crippen molar-refractivity contribution in [2.45, 2.75) is 29.4 Å². The van der Waals surface area contributed by atoms with Gasteiger partial charge in [-0.2, -0.15) is 0 Å². The number of pyridine rings is 3. The predicted octanol–water partition coefficient (Wildman–Crippen LogP) is 4.52. The van der Waals surface area contributed by atoms with E-state index in [4.69, 9.17) is 4.74 Å². The lowest BCUT2D eigenvalue weighted by Gasteiger charge is -2.17. The minimum atomic E-state index is -1.42. The van der Waals surface area contributed by atoms with Crippen molar-refractivity contribution >= 4 is 34.0 Å². The minimum Gasteiger partial charge on any atom is -0.452 e. The average molecular weight is 468 g/mol. The summed E-state index contributed by atoms with van der Waals surface area (Å²) in [6, 6.07) is 11.2. The molecular weight excluding hydrogens is 446 g/mol. The van der Waals surface area contributed by atoms with E-state index in [9.17, 15) is 10.2 Å². The molecule has 0 bridgehead atoms. The molecule has 0 aliphatic heterocycles. The van der Waals surface area contributed by atoms with Gasteiger partial charge in [0.05, 0.1) is 18.0 Å². The minimum absolute atomic E-state index is 0.375. The van der Waals surface area contributed by atoms with Gasteiger partial charge in [-0.25, -0.2) is 15.0 Å². The van der Waals surface area contributed by atoms with Gasteiger partial charge < -0.3 is 20.3 Å². The van der Waals surface area contributed by atoms with Gasteiger partial charge in [-0.1, -0.05) is 17.8 Å². The number of nitrogens with one attached hydrogen (secondary N) is 1. The second kappa shape index (κ2) is 9.61. The second-order valence-electron chi connectivity index (χ2n) is 7.07. The smallest absolute Gasteiger partial charge is 0.188 e. The molecule has 0 saturated heterocycles. The van der Waals surface area contributed by atoms with Crippen molar-refractivity contribution in [2.75, 3.05) is 11.9 Å². The van der Waals surface area contributed by atoms with Gasteiger partial charge in [-0.05, 0) is 38.1 Å². The highest BCUT2D eigenvalue weighted by Crippen LogP contribution is 2.37. The normalized spacial score (nSPS) is 12.9. The molecule has 1 unspecified atom stereocenters. The monoisotopic (exact) mass is 467 g/mol. The maximum absolute atomic E-state index is 10.2. The molecule has 164 valence electrons. The molecule has 4 heterocycles. The van der Waals surface area contributed by atoms with Crippen LogP contribution in [-0.2, 0) is 5.60 Å². The summed E-state index contributed by atoms with van der Waals surface area (Å²) in [5, 5.41) is 25.8. The van der Waals surface area contributed by atoms with Gasteiger partial charge in [0.1, 0.15) is 16.4 Å². The number of aliphatic hydroxyl groups is 2. The third-order valence-electron chi connectivity index (χ3n) is 4.46. The number of ether oxygens (including phenoxy) is 1. The zero-order valence-electron chi connectivity index (χ0n) is 17.4. The first-order chi connectivity index (χ1) is 15.4. The number of aromatic nitrogens is 4. The first-order valence-corrected chi connectivity index (χ1v) is 11.4. The van der Waals surface area contributed by atoms with E-state index < -0.39 is 12.2 Å². The molecule has 1 atom stereocenters. The highest BCUT2D eigenvalue weighted by Gasteiger charge is 2.25. The Kier molecular flexibility index (Phi) is 6.66. The van der Waals surface area contributed by atoms with E-state index in [-0.39, 0.29) is 0 Å². The summed E-state index contributed by atoms with van der Waals surface area (Å²) in [5.74, 6) is 1.57. The first-order valence-electron chi connectivity index (χ1n) is 9.69. The summed E-state index contributed by atoms with van der Waals surface area (Å²) in [6.07, 6.45) is 5.17. The van der Waals surface area contributed by atoms with Crippen molar-refractivity contribution in [3.63, 3.8) is 0 Å². The molecule has 8 nitrogen and oxygen atoms in total. The van der Waals surface area contributed by atoms with Crippen LogP contribution in [0.3, 0.4) is 0 Å². The summed E-state index contributed by atoms with van der Waals surface area (Å²) in [4.78, 5) is 18.4. The molecule has 0 aliphatic carbocycles. The molecule has 0 spiro atoms. The third kappa shape index (κ3) is 5.22. The lowest BCUT2D eigenvalue weighted by molar-refractivity contribution is -0.00528. The lowest BCUT2D eigenvalue weighted by Crippen LogP contribution is -2.26.